The minimum Gasteiger partial charge on any atom is -0.423 e. The number of rotatable bonds is 8. The van der Waals surface area contributed by atoms with Crippen LogP contribution in [-0.4, -0.2) is 26.8 Å². The summed E-state index contributed by atoms with van der Waals surface area (Å²) in [6.45, 7) is 4.03. The van der Waals surface area contributed by atoms with Gasteiger partial charge in [0.25, 0.3) is 0 Å². The molecule has 124 valence electrons. The molecule has 0 saturated heterocycles. The Morgan fingerprint density at radius 3 is 2.79 bits per heavy atom. The Morgan fingerprint density at radius 2 is 1.96 bits per heavy atom. The summed E-state index contributed by atoms with van der Waals surface area (Å²) in [4.78, 5) is 0. The van der Waals surface area contributed by atoms with Crippen molar-refractivity contribution in [1.82, 2.24) is 25.5 Å². The lowest BCUT2D eigenvalue weighted by Crippen LogP contribution is -2.14. The molecule has 1 N–H and O–H groups in total. The van der Waals surface area contributed by atoms with E-state index in [1.54, 1.807) is 4.68 Å². The molecule has 0 atom stereocenters. The van der Waals surface area contributed by atoms with Gasteiger partial charge >= 0.3 is 6.01 Å². The Bertz CT molecular complexity index is 757. The number of nitrogens with zero attached hydrogens (tertiary/aromatic N) is 4. The summed E-state index contributed by atoms with van der Waals surface area (Å²) in [7, 11) is 0. The third kappa shape index (κ3) is 4.17. The zero-order valence-electron chi connectivity index (χ0n) is 13.7. The fourth-order valence-corrected chi connectivity index (χ4v) is 2.33. The van der Waals surface area contributed by atoms with Crippen molar-refractivity contribution >= 4 is 0 Å². The summed E-state index contributed by atoms with van der Waals surface area (Å²) >= 11 is 0. The molecule has 3 aromatic rings. The van der Waals surface area contributed by atoms with Crippen molar-refractivity contribution in [3.05, 3.63) is 60.2 Å². The van der Waals surface area contributed by atoms with Crippen molar-refractivity contribution in [2.24, 2.45) is 0 Å². The summed E-state index contributed by atoms with van der Waals surface area (Å²) in [6.07, 6.45) is 2.38. The smallest absolute Gasteiger partial charge is 0.345 e. The van der Waals surface area contributed by atoms with E-state index in [0.717, 1.165) is 24.5 Å². The van der Waals surface area contributed by atoms with Crippen LogP contribution >= 0.6 is 0 Å². The van der Waals surface area contributed by atoms with Gasteiger partial charge < -0.3 is 10.1 Å². The molecule has 6 nitrogen and oxygen atoms in total. The van der Waals surface area contributed by atoms with E-state index in [1.807, 2.05) is 48.5 Å². The van der Waals surface area contributed by atoms with Crippen LogP contribution in [-0.2, 0) is 6.54 Å². The zero-order chi connectivity index (χ0) is 16.6. The minimum absolute atomic E-state index is 0.345. The molecule has 0 amide bonds. The molecule has 0 aliphatic carbocycles. The fourth-order valence-electron chi connectivity index (χ4n) is 2.33. The summed E-state index contributed by atoms with van der Waals surface area (Å²) in [5.74, 6) is 0.719. The van der Waals surface area contributed by atoms with Crippen LogP contribution in [0.1, 0.15) is 25.3 Å². The van der Waals surface area contributed by atoms with Crippen molar-refractivity contribution < 1.29 is 4.74 Å². The molecular formula is C18H21N5O. The summed E-state index contributed by atoms with van der Waals surface area (Å²) in [6, 6.07) is 18.0. The van der Waals surface area contributed by atoms with Crippen molar-refractivity contribution in [2.45, 2.75) is 26.3 Å². The maximum Gasteiger partial charge on any atom is 0.345 e. The van der Waals surface area contributed by atoms with Crippen molar-refractivity contribution in [1.29, 1.82) is 0 Å². The molecule has 0 fully saturated rings. The van der Waals surface area contributed by atoms with Crippen LogP contribution in [0.25, 0.3) is 5.69 Å². The number of hydrogen-bond donors (Lipinski definition) is 1. The van der Waals surface area contributed by atoms with Gasteiger partial charge in [-0.2, -0.15) is 4.68 Å². The van der Waals surface area contributed by atoms with Gasteiger partial charge in [-0.15, -0.1) is 0 Å². The molecule has 0 saturated carbocycles. The van der Waals surface area contributed by atoms with E-state index in [0.29, 0.717) is 6.01 Å². The monoisotopic (exact) mass is 323 g/mol. The maximum atomic E-state index is 5.87. The number of unbranched alkanes of at least 4 members (excludes halogenated alkanes) is 1. The molecule has 24 heavy (non-hydrogen) atoms. The lowest BCUT2D eigenvalue weighted by molar-refractivity contribution is 0.426. The molecule has 0 aliphatic rings. The topological polar surface area (TPSA) is 64.9 Å². The molecule has 2 aromatic carbocycles. The molecule has 6 heteroatoms. The molecular weight excluding hydrogens is 302 g/mol. The average Bonchev–Trinajstić information content (AvgIpc) is 3.08. The number of benzene rings is 2. The van der Waals surface area contributed by atoms with Crippen molar-refractivity contribution in [2.75, 3.05) is 6.54 Å². The third-order valence-electron chi connectivity index (χ3n) is 3.59. The fraction of sp³-hybridized carbons (Fsp3) is 0.278. The second-order valence-electron chi connectivity index (χ2n) is 5.49. The number of nitrogens with one attached hydrogen (secondary N) is 1. The van der Waals surface area contributed by atoms with Crippen molar-refractivity contribution in [3.63, 3.8) is 0 Å². The van der Waals surface area contributed by atoms with Crippen LogP contribution in [0, 0.1) is 0 Å². The van der Waals surface area contributed by atoms with E-state index in [4.69, 9.17) is 4.74 Å². The minimum atomic E-state index is 0.345. The first-order valence-electron chi connectivity index (χ1n) is 8.18. The SMILES string of the molecule is CCCCNCc1cccc(Oc2nnnn2-c2ccccc2)c1. The van der Waals surface area contributed by atoms with Crippen LogP contribution in [0.5, 0.6) is 11.8 Å². The Hall–Kier alpha value is -2.73. The average molecular weight is 323 g/mol. The normalized spacial score (nSPS) is 10.7. The highest BCUT2D eigenvalue weighted by Gasteiger charge is 2.10. The quantitative estimate of drug-likeness (QED) is 0.644. The van der Waals surface area contributed by atoms with Gasteiger partial charge in [0.2, 0.25) is 0 Å². The largest absolute Gasteiger partial charge is 0.423 e. The summed E-state index contributed by atoms with van der Waals surface area (Å²) in [5.41, 5.74) is 2.03. The molecule has 0 spiro atoms. The van der Waals surface area contributed by atoms with E-state index < -0.39 is 0 Å². The second-order valence-corrected chi connectivity index (χ2v) is 5.49. The van der Waals surface area contributed by atoms with E-state index in [9.17, 15) is 0 Å². The first-order valence-corrected chi connectivity index (χ1v) is 8.18. The number of tetrazole rings is 1. The van der Waals surface area contributed by atoms with E-state index in [1.165, 1.54) is 18.4 Å². The predicted molar refractivity (Wildman–Crippen MR) is 92.3 cm³/mol. The van der Waals surface area contributed by atoms with E-state index in [2.05, 4.69) is 33.8 Å². The molecule has 3 rings (SSSR count). The Balaban J connectivity index is 1.70. The highest BCUT2D eigenvalue weighted by molar-refractivity contribution is 5.34. The predicted octanol–water partition coefficient (Wildman–Crippen LogP) is 3.34. The molecule has 0 radical (unpaired) electrons. The van der Waals surface area contributed by atoms with Gasteiger partial charge in [0.15, 0.2) is 0 Å². The Morgan fingerprint density at radius 1 is 1.08 bits per heavy atom. The zero-order valence-corrected chi connectivity index (χ0v) is 13.7. The molecule has 0 bridgehead atoms. The Labute approximate surface area is 141 Å². The van der Waals surface area contributed by atoms with E-state index in [-0.39, 0.29) is 0 Å². The van der Waals surface area contributed by atoms with Crippen LogP contribution in [0.15, 0.2) is 54.6 Å². The summed E-state index contributed by atoms with van der Waals surface area (Å²) < 4.78 is 7.45. The van der Waals surface area contributed by atoms with Gasteiger partial charge in [-0.1, -0.05) is 48.8 Å². The van der Waals surface area contributed by atoms with Gasteiger partial charge in [0, 0.05) is 6.54 Å². The number of aromatic nitrogens is 4. The lowest BCUT2D eigenvalue weighted by atomic mass is 10.2. The lowest BCUT2D eigenvalue weighted by Gasteiger charge is -2.08. The number of para-hydroxylation sites is 1. The third-order valence-corrected chi connectivity index (χ3v) is 3.59. The van der Waals surface area contributed by atoms with Crippen molar-refractivity contribution in [3.8, 4) is 17.4 Å². The standard InChI is InChI=1S/C18H21N5O/c1-2-3-12-19-14-15-8-7-11-17(13-15)24-18-20-21-22-23(18)16-9-5-4-6-10-16/h4-11,13,19H,2-3,12,14H2,1H3. The molecule has 1 aromatic heterocycles. The first kappa shape index (κ1) is 16.1. The van der Waals surface area contributed by atoms with Gasteiger partial charge in [0.05, 0.1) is 5.69 Å². The van der Waals surface area contributed by atoms with Crippen LogP contribution < -0.4 is 10.1 Å². The van der Waals surface area contributed by atoms with Crippen LogP contribution in [0.4, 0.5) is 0 Å². The van der Waals surface area contributed by atoms with Crippen LogP contribution in [0.3, 0.4) is 0 Å². The van der Waals surface area contributed by atoms with Gasteiger partial charge in [0.1, 0.15) is 5.75 Å². The maximum absolute atomic E-state index is 5.87. The molecule has 1 heterocycles. The first-order chi connectivity index (χ1) is 11.9. The Kier molecular flexibility index (Phi) is 5.52. The summed E-state index contributed by atoms with van der Waals surface area (Å²) in [5, 5.41) is 15.1. The molecule has 0 aliphatic heterocycles. The van der Waals surface area contributed by atoms with Crippen LogP contribution in [0.2, 0.25) is 0 Å². The van der Waals surface area contributed by atoms with Gasteiger partial charge in [-0.05, 0) is 53.2 Å². The highest BCUT2D eigenvalue weighted by Crippen LogP contribution is 2.22. The van der Waals surface area contributed by atoms with Gasteiger partial charge in [-0.3, -0.25) is 0 Å². The number of ether oxygens (including phenoxy) is 1. The molecule has 0 unspecified atom stereocenters. The second kappa shape index (κ2) is 8.21. The van der Waals surface area contributed by atoms with Gasteiger partial charge in [-0.25, -0.2) is 0 Å². The number of hydrogen-bond acceptors (Lipinski definition) is 5. The van der Waals surface area contributed by atoms with E-state index >= 15 is 0 Å². The highest BCUT2D eigenvalue weighted by atomic mass is 16.5.